The summed E-state index contributed by atoms with van der Waals surface area (Å²) in [5.74, 6) is -3.50. The summed E-state index contributed by atoms with van der Waals surface area (Å²) in [5, 5.41) is 5.83. The van der Waals surface area contributed by atoms with Gasteiger partial charge in [0.1, 0.15) is 13.2 Å². The van der Waals surface area contributed by atoms with Gasteiger partial charge in [-0.25, -0.2) is 19.6 Å². The van der Waals surface area contributed by atoms with E-state index in [1.165, 1.54) is 22.7 Å². The lowest BCUT2D eigenvalue weighted by Crippen LogP contribution is -2.43. The molecule has 22 heteroatoms. The van der Waals surface area contributed by atoms with Crippen molar-refractivity contribution in [1.82, 2.24) is 20.6 Å². The summed E-state index contributed by atoms with van der Waals surface area (Å²) >= 11 is 2.56. The highest BCUT2D eigenvalue weighted by Gasteiger charge is 2.34. The van der Waals surface area contributed by atoms with Gasteiger partial charge in [-0.15, -0.1) is 22.7 Å². The fraction of sp³-hybridized carbons (Fsp3) is 0.277. The highest BCUT2D eigenvalue weighted by Crippen LogP contribution is 2.46. The monoisotopic (exact) mass is 1210 g/mol. The lowest BCUT2D eigenvalue weighted by Gasteiger charge is -2.21. The van der Waals surface area contributed by atoms with E-state index in [9.17, 15) is 33.6 Å². The number of aliphatic imine (C=N–C) groups is 2. The van der Waals surface area contributed by atoms with E-state index in [2.05, 4.69) is 42.7 Å². The fourth-order valence-electron chi connectivity index (χ4n) is 11.0. The fourth-order valence-corrected chi connectivity index (χ4v) is 13.0. The summed E-state index contributed by atoms with van der Waals surface area (Å²) < 4.78 is 12.9. The Bertz CT molecular complexity index is 3730. The molecular weight excluding hydrogens is 1140 g/mol. The zero-order chi connectivity index (χ0) is 61.4. The molecule has 20 nitrogen and oxygen atoms in total. The number of amides is 3. The predicted octanol–water partition coefficient (Wildman–Crippen LogP) is 8.93. The number of ether oxygens (including phenoxy) is 2. The van der Waals surface area contributed by atoms with E-state index in [-0.39, 0.29) is 93.1 Å². The first-order valence-corrected chi connectivity index (χ1v) is 30.2. The Morgan fingerprint density at radius 2 is 0.908 bits per heavy atom. The van der Waals surface area contributed by atoms with Crippen molar-refractivity contribution in [3.63, 3.8) is 0 Å². The van der Waals surface area contributed by atoms with Crippen LogP contribution >= 0.6 is 22.7 Å². The third-order valence-electron chi connectivity index (χ3n) is 15.2. The zero-order valence-electron chi connectivity index (χ0n) is 47.6. The number of nitrogens with zero attached hydrogens (tertiary/aromatic N) is 4. The number of nitrogens with one attached hydrogen (secondary N) is 2. The van der Waals surface area contributed by atoms with Crippen LogP contribution in [0.5, 0.6) is 0 Å². The minimum absolute atomic E-state index is 0.0255. The molecule has 8 aromatic rings. The van der Waals surface area contributed by atoms with Crippen LogP contribution in [-0.4, -0.2) is 102 Å². The molecule has 448 valence electrons. The number of primary amides is 1. The van der Waals surface area contributed by atoms with Crippen molar-refractivity contribution < 1.29 is 43.0 Å². The van der Waals surface area contributed by atoms with Crippen molar-refractivity contribution in [1.29, 1.82) is 0 Å². The van der Waals surface area contributed by atoms with Crippen LogP contribution in [-0.2, 0) is 23.9 Å². The van der Waals surface area contributed by atoms with Crippen LogP contribution in [0.3, 0.4) is 0 Å². The van der Waals surface area contributed by atoms with E-state index >= 15 is 0 Å². The van der Waals surface area contributed by atoms with Gasteiger partial charge in [0, 0.05) is 56.0 Å². The lowest BCUT2D eigenvalue weighted by atomic mass is 9.89. The number of Topliss-reactive ketones (excluding diaryl/α,β-unsaturated/α-hetero) is 4. The van der Waals surface area contributed by atoms with Gasteiger partial charge in [-0.1, -0.05) is 121 Å². The number of carbonyl (C=O) groups is 7. The van der Waals surface area contributed by atoms with E-state index in [4.69, 9.17) is 38.1 Å². The molecule has 2 aliphatic carbocycles. The van der Waals surface area contributed by atoms with Crippen LogP contribution in [0.2, 0.25) is 0 Å². The second kappa shape index (κ2) is 29.4. The number of thiazole rings is 2. The number of hydrogen-bond acceptors (Lipinski definition) is 15. The van der Waals surface area contributed by atoms with Crippen LogP contribution < -0.4 is 39.3 Å². The number of hydrogen-bond donors (Lipinski definition) is 7. The maximum Gasteiger partial charge on any atom is 0.407 e. The highest BCUT2D eigenvalue weighted by atomic mass is 32.1. The first kappa shape index (κ1) is 61.9. The Kier molecular flexibility index (Phi) is 20.9. The average molecular weight is 1210 g/mol. The molecule has 2 aromatic heterocycles. The van der Waals surface area contributed by atoms with Gasteiger partial charge in [0.25, 0.3) is 0 Å². The summed E-state index contributed by atoms with van der Waals surface area (Å²) in [5.41, 5.74) is 37.3. The van der Waals surface area contributed by atoms with E-state index in [0.29, 0.717) is 47.8 Å². The SMILES string of the molecule is NC(=O)CC[C@H](NC(=O)OCC1c2ccccc2-c2ccccc21)C(=O)C[C@@H](CCCN=C(N)N)C(=O)c1nc2ccccc2s1.NC(N)=NCCC[C@H](CC(=O)CNC(=O)OCC1c2ccccc2-c2ccccc21)C(=O)c1nc2ccccc2s1. The van der Waals surface area contributed by atoms with Crippen molar-refractivity contribution >= 4 is 96.3 Å². The Morgan fingerprint density at radius 1 is 0.506 bits per heavy atom. The molecule has 2 heterocycles. The maximum absolute atomic E-state index is 13.7. The second-order valence-corrected chi connectivity index (χ2v) is 23.2. The minimum atomic E-state index is -1.09. The van der Waals surface area contributed by atoms with Gasteiger partial charge in [0.2, 0.25) is 5.91 Å². The summed E-state index contributed by atoms with van der Waals surface area (Å²) in [4.78, 5) is 108. The first-order chi connectivity index (χ1) is 42.1. The molecule has 12 N–H and O–H groups in total. The third kappa shape index (κ3) is 16.0. The third-order valence-corrected chi connectivity index (χ3v) is 17.3. The van der Waals surface area contributed by atoms with Gasteiger partial charge in [0.15, 0.2) is 45.1 Å². The summed E-state index contributed by atoms with van der Waals surface area (Å²) in [7, 11) is 0. The number of aromatic nitrogens is 2. The molecule has 0 spiro atoms. The van der Waals surface area contributed by atoms with Crippen LogP contribution in [0.15, 0.2) is 156 Å². The standard InChI is InChI=1S/C34H36N6O5S.C31H31N5O4S/c35-30(42)16-15-26(40-34(44)45-19-25-23-11-3-1-9-21(23)22-10-2-4-12-24(22)25)28(41)18-20(8-7-17-38-33(36)37)31(43)32-39-27-13-5-6-14-29(27)46-32;32-30(33)34-15-7-8-19(28(38)29-36-26-13-5-6-14-27(26)41-29)16-20(37)17-35-31(39)40-18-25-23-11-3-1-9-21(23)22-10-2-4-12-24(22)25/h1-6,9-14,20,25-26H,7-8,15-19H2,(H2,35,42)(H,40,44)(H4,36,37,38);1-6,9-14,19,25H,7-8,15-18H2,(H,35,39)(H4,32,33,34)/t20-,26+;19-/m11/s1. The molecule has 10 rings (SSSR count). The van der Waals surface area contributed by atoms with Crippen LogP contribution in [0, 0.1) is 11.8 Å². The van der Waals surface area contributed by atoms with Crippen LogP contribution in [0.1, 0.15) is 105 Å². The second-order valence-electron chi connectivity index (χ2n) is 21.1. The van der Waals surface area contributed by atoms with Crippen LogP contribution in [0.25, 0.3) is 42.7 Å². The summed E-state index contributed by atoms with van der Waals surface area (Å²) in [6.07, 6.45) is -0.204. The number of para-hydroxylation sites is 2. The van der Waals surface area contributed by atoms with Crippen molar-refractivity contribution in [2.45, 2.75) is 69.2 Å². The molecule has 0 radical (unpaired) electrons. The Labute approximate surface area is 510 Å². The molecule has 3 atom stereocenters. The van der Waals surface area contributed by atoms with Gasteiger partial charge in [-0.05, 0) is 101 Å². The molecule has 87 heavy (non-hydrogen) atoms. The number of benzene rings is 6. The van der Waals surface area contributed by atoms with E-state index in [1.807, 2.05) is 133 Å². The van der Waals surface area contributed by atoms with E-state index in [0.717, 1.165) is 59.4 Å². The molecular formula is C65H67N11O9S2. The topological polar surface area (TPSA) is 343 Å². The van der Waals surface area contributed by atoms with Crippen molar-refractivity contribution in [3.05, 3.63) is 178 Å². The smallest absolute Gasteiger partial charge is 0.407 e. The highest BCUT2D eigenvalue weighted by molar-refractivity contribution is 7.20. The number of nitrogens with two attached hydrogens (primary N) is 5. The number of rotatable bonds is 27. The van der Waals surface area contributed by atoms with Crippen LogP contribution in [0.4, 0.5) is 9.59 Å². The maximum atomic E-state index is 13.7. The molecule has 3 amide bonds. The number of alkyl carbamates (subject to hydrolysis) is 2. The van der Waals surface area contributed by atoms with Crippen molar-refractivity contribution in [3.8, 4) is 22.3 Å². The molecule has 2 aliphatic rings. The predicted molar refractivity (Wildman–Crippen MR) is 337 cm³/mol. The Balaban J connectivity index is 0.000000209. The molecule has 0 unspecified atom stereocenters. The average Bonchev–Trinajstić information content (AvgIpc) is 2.19. The Hall–Kier alpha value is -9.67. The number of carbonyl (C=O) groups excluding carboxylic acids is 7. The van der Waals surface area contributed by atoms with Crippen molar-refractivity contribution in [2.24, 2.45) is 50.5 Å². The van der Waals surface area contributed by atoms with Gasteiger partial charge >= 0.3 is 12.2 Å². The normalized spacial score (nSPS) is 13.1. The first-order valence-electron chi connectivity index (χ1n) is 28.5. The molecule has 0 fully saturated rings. The molecule has 6 aromatic carbocycles. The van der Waals surface area contributed by atoms with E-state index in [1.54, 1.807) is 0 Å². The van der Waals surface area contributed by atoms with Gasteiger partial charge in [-0.2, -0.15) is 0 Å². The minimum Gasteiger partial charge on any atom is -0.449 e. The zero-order valence-corrected chi connectivity index (χ0v) is 49.2. The Morgan fingerprint density at radius 3 is 1.33 bits per heavy atom. The van der Waals surface area contributed by atoms with Gasteiger partial charge < -0.3 is 48.8 Å². The largest absolute Gasteiger partial charge is 0.449 e. The molecule has 0 bridgehead atoms. The number of guanidine groups is 2. The lowest BCUT2D eigenvalue weighted by molar-refractivity contribution is -0.122. The summed E-state index contributed by atoms with van der Waals surface area (Å²) in [6.45, 7) is 0.591. The van der Waals surface area contributed by atoms with E-state index < -0.39 is 41.8 Å². The number of ketones is 4. The quantitative estimate of drug-likeness (QED) is 0.0109. The van der Waals surface area contributed by atoms with Crippen molar-refractivity contribution in [2.75, 3.05) is 32.8 Å². The molecule has 0 saturated carbocycles. The number of fused-ring (bicyclic) bond motifs is 8. The van der Waals surface area contributed by atoms with Gasteiger partial charge in [-0.3, -0.25) is 34.0 Å². The van der Waals surface area contributed by atoms with Gasteiger partial charge in [0.05, 0.1) is 33.0 Å². The summed E-state index contributed by atoms with van der Waals surface area (Å²) in [6, 6.07) is 45.9. The molecule has 0 saturated heterocycles. The molecule has 0 aliphatic heterocycles.